The zero-order valence-corrected chi connectivity index (χ0v) is 11.6. The summed E-state index contributed by atoms with van der Waals surface area (Å²) in [4.78, 5) is 11.2. The van der Waals surface area contributed by atoms with Crippen LogP contribution in [-0.2, 0) is 15.8 Å². The van der Waals surface area contributed by atoms with Crippen molar-refractivity contribution in [2.75, 3.05) is 6.54 Å². The lowest BCUT2D eigenvalue weighted by molar-refractivity contribution is -0.118. The van der Waals surface area contributed by atoms with Crippen LogP contribution in [0.15, 0.2) is 0 Å². The molecule has 16 heavy (non-hydrogen) atoms. The van der Waals surface area contributed by atoms with Gasteiger partial charge in [0.2, 0.25) is 0 Å². The predicted octanol–water partition coefficient (Wildman–Crippen LogP) is 2.28. The monoisotopic (exact) mass is 245 g/mol. The van der Waals surface area contributed by atoms with E-state index in [4.69, 9.17) is 0 Å². The molecule has 4 heteroatoms. The van der Waals surface area contributed by atoms with E-state index >= 15 is 0 Å². The molecule has 94 valence electrons. The third kappa shape index (κ3) is 3.67. The van der Waals surface area contributed by atoms with Crippen LogP contribution in [-0.4, -0.2) is 31.6 Å². The molecule has 0 bridgehead atoms. The van der Waals surface area contributed by atoms with Gasteiger partial charge >= 0.3 is 0 Å². The quantitative estimate of drug-likeness (QED) is 0.765. The van der Waals surface area contributed by atoms with Crippen LogP contribution >= 0.6 is 0 Å². The van der Waals surface area contributed by atoms with E-state index in [2.05, 4.69) is 0 Å². The molecule has 0 unspecified atom stereocenters. The van der Waals surface area contributed by atoms with Gasteiger partial charge in [-0.3, -0.25) is 4.79 Å². The number of hydrogen-bond acceptors (Lipinski definition) is 2. The molecule has 3 nitrogen and oxygen atoms in total. The van der Waals surface area contributed by atoms with Crippen molar-refractivity contribution in [2.45, 2.75) is 64.2 Å². The number of ketones is 1. The summed E-state index contributed by atoms with van der Waals surface area (Å²) in [5.41, 5.74) is 0. The summed E-state index contributed by atoms with van der Waals surface area (Å²) in [5.74, 6) is 0.197. The molecule has 0 amide bonds. The lowest BCUT2D eigenvalue weighted by atomic mass is 10.0. The minimum absolute atomic E-state index is 0.186. The van der Waals surface area contributed by atoms with E-state index in [1.807, 2.05) is 25.1 Å². The highest BCUT2D eigenvalue weighted by molar-refractivity contribution is 7.84. The molecule has 1 aliphatic heterocycles. The standard InChI is InChI=1S/C12H23NO2S/c1-10(14)9-11-7-5-6-8-13(11)16(15)12(2,3)4/h11H,5-9H2,1-4H3/t11-,16+/m0/s1. The molecule has 1 heterocycles. The van der Waals surface area contributed by atoms with Crippen LogP contribution in [0.5, 0.6) is 0 Å². The first-order valence-electron chi connectivity index (χ1n) is 6.00. The van der Waals surface area contributed by atoms with Gasteiger partial charge in [-0.2, -0.15) is 0 Å². The molecule has 1 saturated heterocycles. The molecule has 1 fully saturated rings. The van der Waals surface area contributed by atoms with Crippen molar-refractivity contribution in [3.05, 3.63) is 0 Å². The number of hydrogen-bond donors (Lipinski definition) is 0. The lowest BCUT2D eigenvalue weighted by Gasteiger charge is -2.37. The lowest BCUT2D eigenvalue weighted by Crippen LogP contribution is -2.47. The van der Waals surface area contributed by atoms with Gasteiger partial charge in [0.15, 0.2) is 0 Å². The fourth-order valence-corrected chi connectivity index (χ4v) is 3.53. The first-order chi connectivity index (χ1) is 7.32. The molecule has 0 spiro atoms. The molecule has 0 aliphatic carbocycles. The van der Waals surface area contributed by atoms with E-state index in [0.29, 0.717) is 6.42 Å². The molecule has 0 aromatic rings. The van der Waals surface area contributed by atoms with E-state index in [0.717, 1.165) is 25.8 Å². The summed E-state index contributed by atoms with van der Waals surface area (Å²) >= 11 is 0. The number of piperidine rings is 1. The molecule has 0 saturated carbocycles. The Bertz CT molecular complexity index is 283. The average molecular weight is 245 g/mol. The van der Waals surface area contributed by atoms with Gasteiger partial charge in [-0.25, -0.2) is 8.51 Å². The van der Waals surface area contributed by atoms with E-state index in [1.165, 1.54) is 0 Å². The zero-order valence-electron chi connectivity index (χ0n) is 10.8. The van der Waals surface area contributed by atoms with Crippen molar-refractivity contribution in [1.29, 1.82) is 0 Å². The van der Waals surface area contributed by atoms with E-state index in [9.17, 15) is 9.00 Å². The molecule has 0 radical (unpaired) electrons. The SMILES string of the molecule is CC(=O)C[C@@H]1CCCCN1[S@](=O)C(C)(C)C. The average Bonchev–Trinajstić information content (AvgIpc) is 2.15. The van der Waals surface area contributed by atoms with Gasteiger partial charge in [-0.1, -0.05) is 6.42 Å². The predicted molar refractivity (Wildman–Crippen MR) is 67.5 cm³/mol. The van der Waals surface area contributed by atoms with Crippen LogP contribution in [0.3, 0.4) is 0 Å². The summed E-state index contributed by atoms with van der Waals surface area (Å²) < 4.78 is 14.1. The van der Waals surface area contributed by atoms with Crippen LogP contribution < -0.4 is 0 Å². The van der Waals surface area contributed by atoms with Gasteiger partial charge in [0.25, 0.3) is 0 Å². The molecule has 1 aliphatic rings. The maximum absolute atomic E-state index is 12.3. The van der Waals surface area contributed by atoms with Crippen molar-refractivity contribution in [3.8, 4) is 0 Å². The molecule has 0 aromatic carbocycles. The van der Waals surface area contributed by atoms with Gasteiger partial charge in [0.1, 0.15) is 5.78 Å². The summed E-state index contributed by atoms with van der Waals surface area (Å²) in [6, 6.07) is 0.186. The minimum atomic E-state index is -0.989. The number of nitrogens with zero attached hydrogens (tertiary/aromatic N) is 1. The second kappa shape index (κ2) is 5.41. The fourth-order valence-electron chi connectivity index (χ4n) is 2.08. The summed E-state index contributed by atoms with van der Waals surface area (Å²) in [6.45, 7) is 8.45. The van der Waals surface area contributed by atoms with Gasteiger partial charge in [0, 0.05) is 19.0 Å². The van der Waals surface area contributed by atoms with Crippen molar-refractivity contribution in [2.24, 2.45) is 0 Å². The van der Waals surface area contributed by atoms with Crippen LogP contribution in [0.25, 0.3) is 0 Å². The number of rotatable bonds is 3. The highest BCUT2D eigenvalue weighted by Gasteiger charge is 2.33. The Morgan fingerprint density at radius 3 is 2.50 bits per heavy atom. The van der Waals surface area contributed by atoms with Gasteiger partial charge in [0.05, 0.1) is 15.7 Å². The van der Waals surface area contributed by atoms with Crippen molar-refractivity contribution in [3.63, 3.8) is 0 Å². The van der Waals surface area contributed by atoms with Gasteiger partial charge in [-0.05, 0) is 40.5 Å². The van der Waals surface area contributed by atoms with Crippen molar-refractivity contribution >= 4 is 16.8 Å². The summed E-state index contributed by atoms with van der Waals surface area (Å²) in [5, 5.41) is 0. The second-order valence-corrected chi connectivity index (χ2v) is 7.75. The maximum atomic E-state index is 12.3. The summed E-state index contributed by atoms with van der Waals surface area (Å²) in [6.07, 6.45) is 3.79. The highest BCUT2D eigenvalue weighted by atomic mass is 32.2. The first kappa shape index (κ1) is 13.8. The second-order valence-electron chi connectivity index (χ2n) is 5.56. The van der Waals surface area contributed by atoms with E-state index in [1.54, 1.807) is 6.92 Å². The normalized spacial score (nSPS) is 25.4. The molecule has 1 rings (SSSR count). The molecule has 0 aromatic heterocycles. The minimum Gasteiger partial charge on any atom is -0.300 e. The van der Waals surface area contributed by atoms with Crippen LogP contribution in [0.1, 0.15) is 53.4 Å². The Morgan fingerprint density at radius 1 is 1.38 bits per heavy atom. The Morgan fingerprint density at radius 2 is 2.00 bits per heavy atom. The maximum Gasteiger partial charge on any atom is 0.131 e. The molecule has 2 atom stereocenters. The molecular weight excluding hydrogens is 222 g/mol. The largest absolute Gasteiger partial charge is 0.300 e. The molecular formula is C12H23NO2S. The van der Waals surface area contributed by atoms with E-state index < -0.39 is 11.0 Å². The van der Waals surface area contributed by atoms with Crippen molar-refractivity contribution < 1.29 is 9.00 Å². The van der Waals surface area contributed by atoms with Crippen LogP contribution in [0.4, 0.5) is 0 Å². The highest BCUT2D eigenvalue weighted by Crippen LogP contribution is 2.26. The third-order valence-corrected chi connectivity index (χ3v) is 4.79. The smallest absolute Gasteiger partial charge is 0.131 e. The Balaban J connectivity index is 2.74. The molecule has 0 N–H and O–H groups in total. The topological polar surface area (TPSA) is 37.4 Å². The summed E-state index contributed by atoms with van der Waals surface area (Å²) in [7, 11) is -0.989. The van der Waals surface area contributed by atoms with E-state index in [-0.39, 0.29) is 16.6 Å². The number of carbonyl (C=O) groups excluding carboxylic acids is 1. The van der Waals surface area contributed by atoms with Gasteiger partial charge in [-0.15, -0.1) is 0 Å². The van der Waals surface area contributed by atoms with Gasteiger partial charge < -0.3 is 0 Å². The number of carbonyl (C=O) groups is 1. The number of Topliss-reactive ketones (excluding diaryl/α,β-unsaturated/α-hetero) is 1. The van der Waals surface area contributed by atoms with Crippen LogP contribution in [0, 0.1) is 0 Å². The Hall–Kier alpha value is -0.220. The Kier molecular flexibility index (Phi) is 4.68. The van der Waals surface area contributed by atoms with Crippen LogP contribution in [0.2, 0.25) is 0 Å². The first-order valence-corrected chi connectivity index (χ1v) is 7.11. The third-order valence-electron chi connectivity index (χ3n) is 2.83. The van der Waals surface area contributed by atoms with Crippen molar-refractivity contribution in [1.82, 2.24) is 4.31 Å². The zero-order chi connectivity index (χ0) is 12.3. The Labute approximate surface area is 101 Å². The fraction of sp³-hybridized carbons (Fsp3) is 0.917.